The van der Waals surface area contributed by atoms with E-state index in [2.05, 4.69) is 10.4 Å². The summed E-state index contributed by atoms with van der Waals surface area (Å²) in [5.74, 6) is -0.195. The average Bonchev–Trinajstić information content (AvgIpc) is 3.01. The maximum absolute atomic E-state index is 13.0. The zero-order valence-electron chi connectivity index (χ0n) is 18.0. The van der Waals surface area contributed by atoms with Crippen molar-refractivity contribution in [3.05, 3.63) is 82.7 Å². The predicted octanol–water partition coefficient (Wildman–Crippen LogP) is 5.14. The Hall–Kier alpha value is -3.09. The molecule has 1 heterocycles. The molecule has 0 aliphatic carbocycles. The fourth-order valence-corrected chi connectivity index (χ4v) is 3.51. The Labute approximate surface area is 180 Å². The summed E-state index contributed by atoms with van der Waals surface area (Å²) < 4.78 is 40.9. The highest BCUT2D eigenvalue weighted by atomic mass is 19.4. The molecule has 0 saturated carbocycles. The number of aromatic nitrogens is 2. The van der Waals surface area contributed by atoms with E-state index in [9.17, 15) is 18.0 Å². The minimum atomic E-state index is -4.40. The Kier molecular flexibility index (Phi) is 6.25. The van der Waals surface area contributed by atoms with E-state index in [1.54, 1.807) is 6.07 Å². The molecule has 1 amide bonds. The maximum Gasteiger partial charge on any atom is 0.416 e. The summed E-state index contributed by atoms with van der Waals surface area (Å²) >= 11 is 0. The van der Waals surface area contributed by atoms with Crippen molar-refractivity contribution in [1.82, 2.24) is 15.1 Å². The van der Waals surface area contributed by atoms with Gasteiger partial charge >= 0.3 is 6.18 Å². The van der Waals surface area contributed by atoms with Gasteiger partial charge in [-0.3, -0.25) is 4.79 Å². The molecule has 4 nitrogen and oxygen atoms in total. The molecule has 0 aliphatic heterocycles. The zero-order valence-corrected chi connectivity index (χ0v) is 18.0. The fraction of sp³-hybridized carbons (Fsp3) is 0.333. The van der Waals surface area contributed by atoms with Gasteiger partial charge in [-0.05, 0) is 37.6 Å². The van der Waals surface area contributed by atoms with Gasteiger partial charge in [0.15, 0.2) is 0 Å². The number of amides is 1. The lowest BCUT2D eigenvalue weighted by Gasteiger charge is -2.26. The molecule has 31 heavy (non-hydrogen) atoms. The summed E-state index contributed by atoms with van der Waals surface area (Å²) in [5, 5.41) is 7.43. The van der Waals surface area contributed by atoms with Crippen molar-refractivity contribution in [3.63, 3.8) is 0 Å². The number of hydrogen-bond donors (Lipinski definition) is 1. The maximum atomic E-state index is 13.0. The third-order valence-corrected chi connectivity index (χ3v) is 5.48. The highest BCUT2D eigenvalue weighted by Crippen LogP contribution is 2.32. The normalized spacial score (nSPS) is 12.1. The molecule has 1 N–H and O–H groups in total. The molecule has 0 bridgehead atoms. The molecule has 0 radical (unpaired) electrons. The largest absolute Gasteiger partial charge is 0.416 e. The second-order valence-electron chi connectivity index (χ2n) is 8.31. The number of hydrogen-bond acceptors (Lipinski definition) is 2. The van der Waals surface area contributed by atoms with Crippen molar-refractivity contribution in [3.8, 4) is 5.69 Å². The van der Waals surface area contributed by atoms with Crippen molar-refractivity contribution in [1.29, 1.82) is 0 Å². The summed E-state index contributed by atoms with van der Waals surface area (Å²) in [6.07, 6.45) is -4.24. The van der Waals surface area contributed by atoms with Gasteiger partial charge < -0.3 is 5.32 Å². The van der Waals surface area contributed by atoms with Gasteiger partial charge in [-0.1, -0.05) is 50.2 Å². The van der Waals surface area contributed by atoms with E-state index < -0.39 is 17.2 Å². The molecule has 7 heteroatoms. The van der Waals surface area contributed by atoms with Crippen molar-refractivity contribution < 1.29 is 18.0 Å². The summed E-state index contributed by atoms with van der Waals surface area (Å²) in [4.78, 5) is 12.6. The Bertz CT molecular complexity index is 1070. The van der Waals surface area contributed by atoms with Crippen LogP contribution in [0.1, 0.15) is 41.9 Å². The predicted molar refractivity (Wildman–Crippen MR) is 114 cm³/mol. The quantitative estimate of drug-likeness (QED) is 0.590. The van der Waals surface area contributed by atoms with Crippen LogP contribution < -0.4 is 5.32 Å². The summed E-state index contributed by atoms with van der Waals surface area (Å²) in [5.41, 5.74) is 2.59. The van der Waals surface area contributed by atoms with Crippen molar-refractivity contribution >= 4 is 5.91 Å². The lowest BCUT2D eigenvalue weighted by molar-refractivity contribution is -0.137. The lowest BCUT2D eigenvalue weighted by Crippen LogP contribution is -2.37. The number of nitrogens with one attached hydrogen (secondary N) is 1. The minimum absolute atomic E-state index is 0.156. The number of carbonyl (C=O) groups excluding carboxylic acids is 1. The molecule has 3 aromatic rings. The Morgan fingerprint density at radius 3 is 2.29 bits per heavy atom. The number of benzene rings is 2. The second kappa shape index (κ2) is 8.57. The molecular formula is C24H26F3N3O. The van der Waals surface area contributed by atoms with E-state index in [0.717, 1.165) is 34.8 Å². The number of nitrogens with zero attached hydrogens (tertiary/aromatic N) is 2. The number of alkyl halides is 3. The van der Waals surface area contributed by atoms with Crippen LogP contribution in [0.25, 0.3) is 5.69 Å². The SMILES string of the molecule is Cc1nn(-c2ccccc2)c(C)c1CC(=O)NCC(C)(C)c1cccc(C(F)(F)F)c1. The molecule has 164 valence electrons. The molecule has 2 aromatic carbocycles. The molecule has 0 unspecified atom stereocenters. The van der Waals surface area contributed by atoms with Gasteiger partial charge in [0.25, 0.3) is 0 Å². The number of halogens is 3. The van der Waals surface area contributed by atoms with E-state index in [1.165, 1.54) is 6.07 Å². The number of aryl methyl sites for hydroxylation is 1. The van der Waals surface area contributed by atoms with Crippen LogP contribution in [0.4, 0.5) is 13.2 Å². The van der Waals surface area contributed by atoms with Crippen LogP contribution >= 0.6 is 0 Å². The standard InChI is InChI=1S/C24H26F3N3O/c1-16-21(17(2)30(29-16)20-11-6-5-7-12-20)14-22(31)28-15-23(3,4)18-9-8-10-19(13-18)24(25,26)27/h5-13H,14-15H2,1-4H3,(H,28,31). The Morgan fingerprint density at radius 1 is 1.00 bits per heavy atom. The van der Waals surface area contributed by atoms with Crippen LogP contribution in [0, 0.1) is 13.8 Å². The first kappa shape index (κ1) is 22.6. The molecular weight excluding hydrogens is 403 g/mol. The Balaban J connectivity index is 1.70. The van der Waals surface area contributed by atoms with E-state index >= 15 is 0 Å². The highest BCUT2D eigenvalue weighted by Gasteiger charge is 2.32. The second-order valence-corrected chi connectivity index (χ2v) is 8.31. The number of para-hydroxylation sites is 1. The number of rotatable bonds is 6. The van der Waals surface area contributed by atoms with Crippen molar-refractivity contribution in [2.45, 2.75) is 45.7 Å². The molecule has 1 aromatic heterocycles. The minimum Gasteiger partial charge on any atom is -0.355 e. The van der Waals surface area contributed by atoms with Crippen LogP contribution in [0.2, 0.25) is 0 Å². The zero-order chi connectivity index (χ0) is 22.8. The monoisotopic (exact) mass is 429 g/mol. The van der Waals surface area contributed by atoms with Gasteiger partial charge in [0.2, 0.25) is 5.91 Å². The first-order valence-corrected chi connectivity index (χ1v) is 10.0. The van der Waals surface area contributed by atoms with Crippen LogP contribution in [0.15, 0.2) is 54.6 Å². The van der Waals surface area contributed by atoms with Crippen molar-refractivity contribution in [2.75, 3.05) is 6.54 Å². The van der Waals surface area contributed by atoms with E-state index in [0.29, 0.717) is 5.56 Å². The van der Waals surface area contributed by atoms with Crippen LogP contribution in [-0.4, -0.2) is 22.2 Å². The third-order valence-electron chi connectivity index (χ3n) is 5.48. The average molecular weight is 429 g/mol. The van der Waals surface area contributed by atoms with Crippen molar-refractivity contribution in [2.24, 2.45) is 0 Å². The summed E-state index contributed by atoms with van der Waals surface area (Å²) in [6, 6.07) is 14.9. The Morgan fingerprint density at radius 2 is 1.65 bits per heavy atom. The molecule has 0 saturated heterocycles. The molecule has 0 fully saturated rings. The van der Waals surface area contributed by atoms with Crippen LogP contribution in [0.3, 0.4) is 0 Å². The van der Waals surface area contributed by atoms with Gasteiger partial charge in [0.05, 0.1) is 23.4 Å². The lowest BCUT2D eigenvalue weighted by atomic mass is 9.83. The van der Waals surface area contributed by atoms with E-state index in [4.69, 9.17) is 0 Å². The smallest absolute Gasteiger partial charge is 0.355 e. The van der Waals surface area contributed by atoms with Gasteiger partial charge in [-0.2, -0.15) is 18.3 Å². The van der Waals surface area contributed by atoms with Gasteiger partial charge in [-0.15, -0.1) is 0 Å². The first-order chi connectivity index (χ1) is 14.5. The molecule has 0 aliphatic rings. The van der Waals surface area contributed by atoms with E-state index in [1.807, 2.05) is 62.7 Å². The fourth-order valence-electron chi connectivity index (χ4n) is 3.51. The van der Waals surface area contributed by atoms with Crippen LogP contribution in [0.5, 0.6) is 0 Å². The van der Waals surface area contributed by atoms with E-state index in [-0.39, 0.29) is 18.9 Å². The first-order valence-electron chi connectivity index (χ1n) is 10.0. The van der Waals surface area contributed by atoms with Crippen LogP contribution in [-0.2, 0) is 22.8 Å². The van der Waals surface area contributed by atoms with Gasteiger partial charge in [0.1, 0.15) is 0 Å². The molecule has 0 spiro atoms. The summed E-state index contributed by atoms with van der Waals surface area (Å²) in [7, 11) is 0. The highest BCUT2D eigenvalue weighted by molar-refractivity contribution is 5.79. The number of carbonyl (C=O) groups is 1. The molecule has 3 rings (SSSR count). The van der Waals surface area contributed by atoms with Gasteiger partial charge in [-0.25, -0.2) is 4.68 Å². The third kappa shape index (κ3) is 5.16. The topological polar surface area (TPSA) is 46.9 Å². The molecule has 0 atom stereocenters. The summed E-state index contributed by atoms with van der Waals surface area (Å²) in [6.45, 7) is 7.63. The van der Waals surface area contributed by atoms with Gasteiger partial charge in [0, 0.05) is 23.2 Å².